The van der Waals surface area contributed by atoms with Crippen LogP contribution in [0.3, 0.4) is 0 Å². The van der Waals surface area contributed by atoms with Crippen LogP contribution in [-0.4, -0.2) is 47.5 Å². The van der Waals surface area contributed by atoms with Gasteiger partial charge in [0.05, 0.1) is 30.0 Å². The Hall–Kier alpha value is -2.31. The summed E-state index contributed by atoms with van der Waals surface area (Å²) >= 11 is 0. The fourth-order valence-corrected chi connectivity index (χ4v) is 3.72. The first-order chi connectivity index (χ1) is 13.6. The van der Waals surface area contributed by atoms with Crippen LogP contribution in [0.4, 0.5) is 0 Å². The summed E-state index contributed by atoms with van der Waals surface area (Å²) in [6, 6.07) is 9.79. The average molecular weight is 382 g/mol. The Morgan fingerprint density at radius 1 is 1.21 bits per heavy atom. The van der Waals surface area contributed by atoms with Crippen LogP contribution in [0.25, 0.3) is 0 Å². The number of nitrogens with one attached hydrogen (secondary N) is 2. The van der Waals surface area contributed by atoms with Gasteiger partial charge in [0.2, 0.25) is 5.91 Å². The number of nitrogens with zero attached hydrogens (tertiary/aromatic N) is 3. The number of rotatable bonds is 9. The number of hydrogen-bond acceptors (Lipinski definition) is 5. The third kappa shape index (κ3) is 5.84. The van der Waals surface area contributed by atoms with E-state index >= 15 is 0 Å². The zero-order valence-corrected chi connectivity index (χ0v) is 16.9. The van der Waals surface area contributed by atoms with Crippen molar-refractivity contribution in [3.8, 4) is 0 Å². The fraction of sp³-hybridized carbons (Fsp3) is 0.500. The van der Waals surface area contributed by atoms with Crippen molar-refractivity contribution in [3.05, 3.63) is 59.7 Å². The molecule has 0 bridgehead atoms. The van der Waals surface area contributed by atoms with Crippen LogP contribution in [0.1, 0.15) is 48.7 Å². The minimum absolute atomic E-state index is 0.0347. The van der Waals surface area contributed by atoms with Crippen LogP contribution in [0, 0.1) is 0 Å². The third-order valence-electron chi connectivity index (χ3n) is 5.18. The van der Waals surface area contributed by atoms with Crippen LogP contribution in [0.2, 0.25) is 0 Å². The van der Waals surface area contributed by atoms with Gasteiger partial charge < -0.3 is 10.2 Å². The standard InChI is InChI=1S/C22H31N5O/c1-27(2)15-7-12-20(22(28)25-16-18-10-3-4-13-23-18)26-19-11-5-8-17-9-6-14-24-21(17)19/h3-4,6,9-10,13-14,19-20,26H,5,7-8,11-12,15-16H2,1-2H3,(H,25,28). The molecule has 1 amide bonds. The maximum Gasteiger partial charge on any atom is 0.237 e. The van der Waals surface area contributed by atoms with Crippen molar-refractivity contribution >= 4 is 5.91 Å². The molecule has 6 heteroatoms. The third-order valence-corrected chi connectivity index (χ3v) is 5.18. The molecule has 3 rings (SSSR count). The Bertz CT molecular complexity index is 750. The molecule has 2 aromatic rings. The van der Waals surface area contributed by atoms with E-state index in [9.17, 15) is 4.79 Å². The van der Waals surface area contributed by atoms with Crippen molar-refractivity contribution in [1.82, 2.24) is 25.5 Å². The van der Waals surface area contributed by atoms with Gasteiger partial charge in [0.1, 0.15) is 0 Å². The van der Waals surface area contributed by atoms with Crippen molar-refractivity contribution in [2.45, 2.75) is 50.7 Å². The molecule has 0 fully saturated rings. The molecule has 6 nitrogen and oxygen atoms in total. The van der Waals surface area contributed by atoms with Gasteiger partial charge >= 0.3 is 0 Å². The van der Waals surface area contributed by atoms with Gasteiger partial charge in [-0.1, -0.05) is 12.1 Å². The van der Waals surface area contributed by atoms with Gasteiger partial charge in [-0.2, -0.15) is 0 Å². The fourth-order valence-electron chi connectivity index (χ4n) is 3.72. The minimum Gasteiger partial charge on any atom is -0.349 e. The van der Waals surface area contributed by atoms with Crippen LogP contribution in [-0.2, 0) is 17.8 Å². The second-order valence-corrected chi connectivity index (χ2v) is 7.70. The number of fused-ring (bicyclic) bond motifs is 1. The smallest absolute Gasteiger partial charge is 0.237 e. The lowest BCUT2D eigenvalue weighted by Crippen LogP contribution is -2.46. The van der Waals surface area contributed by atoms with Gasteiger partial charge in [-0.25, -0.2) is 0 Å². The molecule has 2 aromatic heterocycles. The number of amides is 1. The zero-order chi connectivity index (χ0) is 19.8. The van der Waals surface area contributed by atoms with Crippen molar-refractivity contribution in [3.63, 3.8) is 0 Å². The second kappa shape index (κ2) is 10.3. The molecule has 2 atom stereocenters. The first kappa shape index (κ1) is 20.4. The first-order valence-electron chi connectivity index (χ1n) is 10.2. The monoisotopic (exact) mass is 381 g/mol. The zero-order valence-electron chi connectivity index (χ0n) is 16.9. The van der Waals surface area contributed by atoms with Crippen molar-refractivity contribution in [1.29, 1.82) is 0 Å². The number of pyridine rings is 2. The maximum absolute atomic E-state index is 12.9. The summed E-state index contributed by atoms with van der Waals surface area (Å²) in [5.41, 5.74) is 3.27. The van der Waals surface area contributed by atoms with E-state index in [0.29, 0.717) is 6.54 Å². The number of carbonyl (C=O) groups excluding carboxylic acids is 1. The number of carbonyl (C=O) groups is 1. The lowest BCUT2D eigenvalue weighted by molar-refractivity contribution is -0.123. The topological polar surface area (TPSA) is 70.2 Å². The van der Waals surface area contributed by atoms with Gasteiger partial charge in [0, 0.05) is 12.4 Å². The molecule has 0 saturated heterocycles. The Morgan fingerprint density at radius 3 is 2.86 bits per heavy atom. The molecule has 2 unspecified atom stereocenters. The van der Waals surface area contributed by atoms with Crippen LogP contribution in [0.15, 0.2) is 42.7 Å². The normalized spacial score (nSPS) is 17.2. The number of hydrogen-bond donors (Lipinski definition) is 2. The molecule has 2 N–H and O–H groups in total. The largest absolute Gasteiger partial charge is 0.349 e. The van der Waals surface area contributed by atoms with Gasteiger partial charge in [-0.15, -0.1) is 0 Å². The SMILES string of the molecule is CN(C)CCCC(NC1CCCc2cccnc21)C(=O)NCc1ccccn1. The molecule has 1 aliphatic carbocycles. The number of aromatic nitrogens is 2. The molecule has 150 valence electrons. The van der Waals surface area contributed by atoms with E-state index in [4.69, 9.17) is 0 Å². The molecule has 2 heterocycles. The molecule has 0 saturated carbocycles. The Morgan fingerprint density at radius 2 is 2.07 bits per heavy atom. The van der Waals surface area contributed by atoms with E-state index in [2.05, 4.69) is 45.7 Å². The lowest BCUT2D eigenvalue weighted by Gasteiger charge is -2.29. The summed E-state index contributed by atoms with van der Waals surface area (Å²) in [5.74, 6) is 0.0347. The summed E-state index contributed by atoms with van der Waals surface area (Å²) in [5, 5.41) is 6.66. The van der Waals surface area contributed by atoms with Gasteiger partial charge in [0.25, 0.3) is 0 Å². The second-order valence-electron chi connectivity index (χ2n) is 7.70. The molecular weight excluding hydrogens is 350 g/mol. The summed E-state index contributed by atoms with van der Waals surface area (Å²) in [6.45, 7) is 1.41. The van der Waals surface area contributed by atoms with Gasteiger partial charge in [-0.3, -0.25) is 20.1 Å². The molecule has 0 spiro atoms. The highest BCUT2D eigenvalue weighted by Crippen LogP contribution is 2.28. The van der Waals surface area contributed by atoms with Crippen molar-refractivity contribution < 1.29 is 4.79 Å². The highest BCUT2D eigenvalue weighted by atomic mass is 16.2. The molecule has 0 aromatic carbocycles. The summed E-state index contributed by atoms with van der Waals surface area (Å²) in [4.78, 5) is 24.0. The van der Waals surface area contributed by atoms with E-state index in [0.717, 1.165) is 50.0 Å². The van der Waals surface area contributed by atoms with E-state index in [-0.39, 0.29) is 18.0 Å². The van der Waals surface area contributed by atoms with Gasteiger partial charge in [0.15, 0.2) is 0 Å². The van der Waals surface area contributed by atoms with Crippen LogP contribution in [0.5, 0.6) is 0 Å². The van der Waals surface area contributed by atoms with Crippen LogP contribution < -0.4 is 10.6 Å². The quantitative estimate of drug-likeness (QED) is 0.698. The Balaban J connectivity index is 1.65. The molecule has 0 aliphatic heterocycles. The van der Waals surface area contributed by atoms with Crippen molar-refractivity contribution in [2.24, 2.45) is 0 Å². The van der Waals surface area contributed by atoms with Gasteiger partial charge in [-0.05, 0) is 76.5 Å². The Labute approximate surface area is 167 Å². The minimum atomic E-state index is -0.235. The molecular formula is C22H31N5O. The number of aryl methyl sites for hydroxylation is 1. The lowest BCUT2D eigenvalue weighted by atomic mass is 9.91. The predicted molar refractivity (Wildman–Crippen MR) is 111 cm³/mol. The Kier molecular flexibility index (Phi) is 7.51. The summed E-state index contributed by atoms with van der Waals surface area (Å²) < 4.78 is 0. The molecule has 1 aliphatic rings. The van der Waals surface area contributed by atoms with E-state index < -0.39 is 0 Å². The highest BCUT2D eigenvalue weighted by molar-refractivity contribution is 5.81. The predicted octanol–water partition coefficient (Wildman–Crippen LogP) is 2.47. The van der Waals surface area contributed by atoms with E-state index in [1.807, 2.05) is 30.5 Å². The average Bonchev–Trinajstić information content (AvgIpc) is 2.72. The molecule has 28 heavy (non-hydrogen) atoms. The first-order valence-corrected chi connectivity index (χ1v) is 10.2. The summed E-state index contributed by atoms with van der Waals surface area (Å²) in [6.07, 6.45) is 8.56. The summed E-state index contributed by atoms with van der Waals surface area (Å²) in [7, 11) is 4.12. The van der Waals surface area contributed by atoms with Crippen molar-refractivity contribution in [2.75, 3.05) is 20.6 Å². The maximum atomic E-state index is 12.9. The van der Waals surface area contributed by atoms with E-state index in [1.54, 1.807) is 6.20 Å². The molecule has 0 radical (unpaired) electrons. The highest BCUT2D eigenvalue weighted by Gasteiger charge is 2.27. The van der Waals surface area contributed by atoms with Crippen LogP contribution >= 0.6 is 0 Å². The van der Waals surface area contributed by atoms with E-state index in [1.165, 1.54) is 5.56 Å².